The lowest BCUT2D eigenvalue weighted by molar-refractivity contribution is -0.142. The summed E-state index contributed by atoms with van der Waals surface area (Å²) in [5, 5.41) is 8.29. The summed E-state index contributed by atoms with van der Waals surface area (Å²) in [6, 6.07) is 12.9. The Morgan fingerprint density at radius 1 is 1.08 bits per heavy atom. The number of amides is 1. The van der Waals surface area contributed by atoms with Gasteiger partial charge in [0.25, 0.3) is 0 Å². The molecule has 0 saturated heterocycles. The molecule has 208 valence electrons. The van der Waals surface area contributed by atoms with Crippen molar-refractivity contribution in [1.82, 2.24) is 4.57 Å². The molecule has 1 fully saturated rings. The summed E-state index contributed by atoms with van der Waals surface area (Å²) in [4.78, 5) is 40.8. The van der Waals surface area contributed by atoms with E-state index in [9.17, 15) is 14.4 Å². The second-order valence-corrected chi connectivity index (χ2v) is 9.95. The number of anilines is 1. The fourth-order valence-electron chi connectivity index (χ4n) is 5.22. The van der Waals surface area contributed by atoms with Crippen molar-refractivity contribution in [2.75, 3.05) is 18.1 Å². The van der Waals surface area contributed by atoms with Gasteiger partial charge in [0.2, 0.25) is 5.91 Å². The number of Topliss-reactive ketones (excluding diaryl/α,β-unsaturated/α-hetero) is 1. The summed E-state index contributed by atoms with van der Waals surface area (Å²) < 4.78 is 7.08. The largest absolute Gasteiger partial charge is 0.465 e. The number of nitrogens with one attached hydrogen (secondary N) is 1. The van der Waals surface area contributed by atoms with Crippen molar-refractivity contribution in [3.8, 4) is 0 Å². The fourth-order valence-corrected chi connectivity index (χ4v) is 5.22. The summed E-state index contributed by atoms with van der Waals surface area (Å²) in [6.07, 6.45) is 7.50. The third-order valence-electron chi connectivity index (χ3n) is 7.30. The lowest BCUT2D eigenvalue weighted by atomic mass is 9.88. The van der Waals surface area contributed by atoms with Gasteiger partial charge in [0.05, 0.1) is 6.61 Å². The number of ether oxygens (including phenoxy) is 1. The van der Waals surface area contributed by atoms with E-state index in [-0.39, 0.29) is 49.0 Å². The minimum atomic E-state index is -0.447. The topological polar surface area (TPSA) is 118 Å². The van der Waals surface area contributed by atoms with E-state index in [1.165, 1.54) is 4.90 Å². The normalized spacial score (nSPS) is 13.5. The van der Waals surface area contributed by atoms with Crippen LogP contribution in [0.4, 0.5) is 5.69 Å². The Bertz CT molecular complexity index is 1340. The van der Waals surface area contributed by atoms with Crippen molar-refractivity contribution in [2.24, 2.45) is 18.7 Å². The predicted octanol–water partition coefficient (Wildman–Crippen LogP) is 5.18. The number of rotatable bonds is 10. The molecule has 1 heterocycles. The van der Waals surface area contributed by atoms with Crippen LogP contribution >= 0.6 is 12.4 Å². The Balaban J connectivity index is 0.00000420. The van der Waals surface area contributed by atoms with Crippen LogP contribution in [0.1, 0.15) is 66.9 Å². The SMILES string of the molecule is CCOC(=O)CN(C(=O)C1CCCCC1)c1ccc2c(c1)c(C(=O)CCc1ccc(C(=N)N)cc1)cn2C.Cl. The Morgan fingerprint density at radius 3 is 2.41 bits per heavy atom. The molecule has 9 heteroatoms. The van der Waals surface area contributed by atoms with Crippen LogP contribution in [-0.2, 0) is 27.8 Å². The second-order valence-electron chi connectivity index (χ2n) is 9.95. The van der Waals surface area contributed by atoms with Gasteiger partial charge in [-0.1, -0.05) is 43.5 Å². The van der Waals surface area contributed by atoms with E-state index < -0.39 is 5.97 Å². The summed E-state index contributed by atoms with van der Waals surface area (Å²) in [6.45, 7) is 1.84. The number of hydrogen-bond donors (Lipinski definition) is 2. The number of carbonyl (C=O) groups excluding carboxylic acids is 3. The maximum atomic E-state index is 13.5. The molecule has 4 rings (SSSR count). The van der Waals surface area contributed by atoms with E-state index in [4.69, 9.17) is 15.9 Å². The third kappa shape index (κ3) is 7.06. The van der Waals surface area contributed by atoms with Gasteiger partial charge < -0.3 is 19.9 Å². The van der Waals surface area contributed by atoms with Gasteiger partial charge >= 0.3 is 5.97 Å². The van der Waals surface area contributed by atoms with Crippen LogP contribution in [0.5, 0.6) is 0 Å². The number of nitrogens with two attached hydrogens (primary N) is 1. The quantitative estimate of drug-likeness (QED) is 0.155. The summed E-state index contributed by atoms with van der Waals surface area (Å²) in [5.41, 5.74) is 9.23. The Labute approximate surface area is 235 Å². The number of aryl methyl sites for hydroxylation is 2. The van der Waals surface area contributed by atoms with Gasteiger partial charge in [0.1, 0.15) is 12.4 Å². The Hall–Kier alpha value is -3.65. The monoisotopic (exact) mass is 552 g/mol. The lowest BCUT2D eigenvalue weighted by Crippen LogP contribution is -2.41. The van der Waals surface area contributed by atoms with Crippen molar-refractivity contribution in [3.05, 3.63) is 65.4 Å². The number of hydrogen-bond acceptors (Lipinski definition) is 5. The van der Waals surface area contributed by atoms with Gasteiger partial charge in [-0.15, -0.1) is 12.4 Å². The number of halogens is 1. The molecule has 0 radical (unpaired) electrons. The molecule has 1 aliphatic rings. The highest BCUT2D eigenvalue weighted by Crippen LogP contribution is 2.31. The Kier molecular flexibility index (Phi) is 10.3. The number of nitrogens with zero attached hydrogens (tertiary/aromatic N) is 2. The van der Waals surface area contributed by atoms with Crippen molar-refractivity contribution < 1.29 is 19.1 Å². The summed E-state index contributed by atoms with van der Waals surface area (Å²) in [5.74, 6) is -0.607. The lowest BCUT2D eigenvalue weighted by Gasteiger charge is -2.29. The van der Waals surface area contributed by atoms with E-state index in [0.717, 1.165) is 48.6 Å². The van der Waals surface area contributed by atoms with Gasteiger partial charge in [-0.2, -0.15) is 0 Å². The summed E-state index contributed by atoms with van der Waals surface area (Å²) in [7, 11) is 1.89. The molecule has 2 aromatic carbocycles. The molecular weight excluding hydrogens is 516 g/mol. The molecule has 0 aliphatic heterocycles. The Morgan fingerprint density at radius 2 is 1.77 bits per heavy atom. The average Bonchev–Trinajstić information content (AvgIpc) is 3.26. The van der Waals surface area contributed by atoms with E-state index >= 15 is 0 Å². The standard InChI is InChI=1S/C30H36N4O4.ClH/c1-3-38-28(36)19-34(30(37)22-7-5-4-6-8-22)23-14-15-26-24(17-23)25(18-33(26)2)27(35)16-11-20-9-12-21(13-10-20)29(31)32;/h9-10,12-15,17-18,22H,3-8,11,16,19H2,1-2H3,(H3,31,32);1H. The predicted molar refractivity (Wildman–Crippen MR) is 156 cm³/mol. The van der Waals surface area contributed by atoms with Gasteiger partial charge in [-0.25, -0.2) is 0 Å². The molecule has 3 aromatic rings. The van der Waals surface area contributed by atoms with Gasteiger partial charge in [-0.3, -0.25) is 19.8 Å². The number of ketones is 1. The zero-order valence-electron chi connectivity index (χ0n) is 22.6. The zero-order chi connectivity index (χ0) is 27.2. The van der Waals surface area contributed by atoms with Crippen molar-refractivity contribution in [3.63, 3.8) is 0 Å². The highest BCUT2D eigenvalue weighted by atomic mass is 35.5. The van der Waals surface area contributed by atoms with Gasteiger partial charge in [-0.05, 0) is 49.9 Å². The molecule has 3 N–H and O–H groups in total. The number of aromatic nitrogens is 1. The first-order chi connectivity index (χ1) is 18.3. The van der Waals surface area contributed by atoms with Crippen LogP contribution in [0.3, 0.4) is 0 Å². The van der Waals surface area contributed by atoms with E-state index in [0.29, 0.717) is 29.7 Å². The average molecular weight is 553 g/mol. The second kappa shape index (κ2) is 13.4. The molecule has 0 bridgehead atoms. The minimum absolute atomic E-state index is 0. The van der Waals surface area contributed by atoms with Crippen molar-refractivity contribution in [2.45, 2.75) is 51.9 Å². The number of esters is 1. The maximum absolute atomic E-state index is 13.5. The number of benzene rings is 2. The molecule has 0 spiro atoms. The van der Waals surface area contributed by atoms with Crippen LogP contribution in [0.2, 0.25) is 0 Å². The zero-order valence-corrected chi connectivity index (χ0v) is 23.4. The van der Waals surface area contributed by atoms with Crippen LogP contribution in [0.25, 0.3) is 10.9 Å². The molecule has 0 unspecified atom stereocenters. The van der Waals surface area contributed by atoms with E-state index in [1.54, 1.807) is 19.1 Å². The van der Waals surface area contributed by atoms with Crippen LogP contribution < -0.4 is 10.6 Å². The smallest absolute Gasteiger partial charge is 0.326 e. The number of nitrogen functional groups attached to an aromatic ring is 1. The fraction of sp³-hybridized carbons (Fsp3) is 0.400. The highest BCUT2D eigenvalue weighted by Gasteiger charge is 2.29. The van der Waals surface area contributed by atoms with E-state index in [2.05, 4.69) is 0 Å². The molecule has 8 nitrogen and oxygen atoms in total. The first kappa shape index (κ1) is 29.9. The van der Waals surface area contributed by atoms with Crippen LogP contribution in [0.15, 0.2) is 48.7 Å². The molecule has 1 aromatic heterocycles. The summed E-state index contributed by atoms with van der Waals surface area (Å²) >= 11 is 0. The van der Waals surface area contributed by atoms with E-state index in [1.807, 2.05) is 48.1 Å². The number of amidine groups is 1. The number of carbonyl (C=O) groups is 3. The first-order valence-electron chi connectivity index (χ1n) is 13.3. The third-order valence-corrected chi connectivity index (χ3v) is 7.30. The minimum Gasteiger partial charge on any atom is -0.465 e. The molecular formula is C30H37ClN4O4. The molecule has 1 saturated carbocycles. The molecule has 1 amide bonds. The molecule has 39 heavy (non-hydrogen) atoms. The molecule has 1 aliphatic carbocycles. The van der Waals surface area contributed by atoms with Crippen molar-refractivity contribution >= 4 is 52.5 Å². The van der Waals surface area contributed by atoms with Crippen molar-refractivity contribution in [1.29, 1.82) is 5.41 Å². The van der Waals surface area contributed by atoms with Crippen LogP contribution in [0, 0.1) is 11.3 Å². The van der Waals surface area contributed by atoms with Gasteiger partial charge in [0, 0.05) is 53.3 Å². The number of fused-ring (bicyclic) bond motifs is 1. The maximum Gasteiger partial charge on any atom is 0.326 e. The molecule has 0 atom stereocenters. The first-order valence-corrected chi connectivity index (χ1v) is 13.3. The van der Waals surface area contributed by atoms with Gasteiger partial charge in [0.15, 0.2) is 5.78 Å². The highest BCUT2D eigenvalue weighted by molar-refractivity contribution is 6.10. The van der Waals surface area contributed by atoms with Crippen LogP contribution in [-0.4, -0.2) is 41.2 Å².